The van der Waals surface area contributed by atoms with Crippen LogP contribution in [-0.2, 0) is 4.79 Å². The van der Waals surface area contributed by atoms with Crippen LogP contribution in [0.2, 0.25) is 0 Å². The number of carboxylic acid groups (broad SMARTS) is 1. The van der Waals surface area contributed by atoms with Crippen LogP contribution in [0.25, 0.3) is 0 Å². The maximum Gasteiger partial charge on any atom is 0.320 e. The van der Waals surface area contributed by atoms with Crippen molar-refractivity contribution in [2.45, 2.75) is 12.5 Å². The normalized spacial score (nSPS) is 11.8. The molecule has 0 aromatic rings. The van der Waals surface area contributed by atoms with Gasteiger partial charge in [0.15, 0.2) is 0 Å². The van der Waals surface area contributed by atoms with Crippen LogP contribution in [0.1, 0.15) is 6.42 Å². The maximum absolute atomic E-state index is 10.1. The van der Waals surface area contributed by atoms with Gasteiger partial charge in [0.2, 0.25) is 0 Å². The van der Waals surface area contributed by atoms with E-state index in [0.29, 0.717) is 6.42 Å². The molecule has 1 atom stereocenters. The Morgan fingerprint density at radius 3 is 2.60 bits per heavy atom. The minimum Gasteiger partial charge on any atom is -0.480 e. The zero-order valence-corrected chi connectivity index (χ0v) is 9.79. The molecule has 5 heteroatoms. The first-order valence-corrected chi connectivity index (χ1v) is 4.05. The third kappa shape index (κ3) is 7.27. The molecule has 3 nitrogen and oxygen atoms in total. The summed E-state index contributed by atoms with van der Waals surface area (Å²) in [6.45, 7) is 0. The molecular formula is C5H11CeNO2S. The van der Waals surface area contributed by atoms with Gasteiger partial charge in [-0.15, -0.1) is 0 Å². The molecule has 0 aliphatic carbocycles. The molecule has 0 aromatic heterocycles. The maximum atomic E-state index is 10.1. The largest absolute Gasteiger partial charge is 0.480 e. The van der Waals surface area contributed by atoms with Crippen LogP contribution >= 0.6 is 11.8 Å². The van der Waals surface area contributed by atoms with Gasteiger partial charge in [0.1, 0.15) is 6.04 Å². The summed E-state index contributed by atoms with van der Waals surface area (Å²) >= 11 is 1.60. The second-order valence-corrected chi connectivity index (χ2v) is 2.71. The van der Waals surface area contributed by atoms with E-state index < -0.39 is 12.0 Å². The second-order valence-electron chi connectivity index (χ2n) is 1.73. The van der Waals surface area contributed by atoms with Crippen molar-refractivity contribution < 1.29 is 51.6 Å². The van der Waals surface area contributed by atoms with E-state index in [1.54, 1.807) is 11.8 Å². The predicted octanol–water partition coefficient (Wildman–Crippen LogP) is 0.151. The Morgan fingerprint density at radius 1 is 1.80 bits per heavy atom. The Bertz CT molecular complexity index is 102. The fraction of sp³-hybridized carbons (Fsp3) is 0.800. The standard InChI is InChI=1S/C5H11NO2S.Ce/c1-9-3-2-4(6)5(7)8;/h4H,2-3,6H2,1H3,(H,7,8);/t4-;/m0./s1. The average molecular weight is 289 g/mol. The fourth-order valence-electron chi connectivity index (χ4n) is 0.368. The number of nitrogens with two attached hydrogens (primary N) is 1. The van der Waals surface area contributed by atoms with Crippen molar-refractivity contribution in [3.05, 3.63) is 0 Å². The van der Waals surface area contributed by atoms with Crippen molar-refractivity contribution in [3.8, 4) is 0 Å². The molecule has 0 fully saturated rings. The summed E-state index contributed by atoms with van der Waals surface area (Å²) in [6, 6.07) is -0.683. The summed E-state index contributed by atoms with van der Waals surface area (Å²) in [6.07, 6.45) is 2.48. The molecule has 10 heavy (non-hydrogen) atoms. The number of rotatable bonds is 4. The number of hydrogen-bond donors (Lipinski definition) is 2. The molecule has 0 radical (unpaired) electrons. The van der Waals surface area contributed by atoms with Crippen LogP contribution in [0.5, 0.6) is 0 Å². The number of aliphatic carboxylic acids is 1. The Balaban J connectivity index is 0. The van der Waals surface area contributed by atoms with Gasteiger partial charge in [-0.1, -0.05) is 0 Å². The number of carboxylic acids is 1. The topological polar surface area (TPSA) is 63.3 Å². The van der Waals surface area contributed by atoms with E-state index in [1.165, 1.54) is 0 Å². The van der Waals surface area contributed by atoms with E-state index in [-0.39, 0.29) is 41.7 Å². The summed E-state index contributed by atoms with van der Waals surface area (Å²) in [7, 11) is 0. The van der Waals surface area contributed by atoms with Gasteiger partial charge >= 0.3 is 5.97 Å². The van der Waals surface area contributed by atoms with Crippen molar-refractivity contribution in [3.63, 3.8) is 0 Å². The van der Waals surface area contributed by atoms with Crippen LogP contribution in [0.3, 0.4) is 0 Å². The van der Waals surface area contributed by atoms with Gasteiger partial charge in [-0.3, -0.25) is 4.79 Å². The fourth-order valence-corrected chi connectivity index (χ4v) is 0.858. The van der Waals surface area contributed by atoms with E-state index in [0.717, 1.165) is 5.75 Å². The zero-order valence-electron chi connectivity index (χ0n) is 5.83. The average Bonchev–Trinajstić information content (AvgIpc) is 1.82. The first kappa shape index (κ1) is 13.7. The first-order chi connectivity index (χ1) is 4.18. The second kappa shape index (κ2) is 8.26. The summed E-state index contributed by atoms with van der Waals surface area (Å²) in [4.78, 5) is 10.1. The molecule has 0 amide bonds. The van der Waals surface area contributed by atoms with E-state index in [1.807, 2.05) is 6.26 Å². The molecule has 0 unspecified atom stereocenters. The van der Waals surface area contributed by atoms with Crippen molar-refractivity contribution in [2.24, 2.45) is 5.73 Å². The van der Waals surface area contributed by atoms with Gasteiger partial charge in [-0.25, -0.2) is 0 Å². The summed E-state index contributed by atoms with van der Waals surface area (Å²) in [5, 5.41) is 8.27. The molecule has 0 aliphatic heterocycles. The molecule has 58 valence electrons. The van der Waals surface area contributed by atoms with Crippen LogP contribution in [-0.4, -0.2) is 29.1 Å². The molecule has 0 bridgehead atoms. The molecule has 0 aliphatic rings. The van der Waals surface area contributed by atoms with Gasteiger partial charge in [-0.05, 0) is 18.4 Å². The number of hydrogen-bond acceptors (Lipinski definition) is 3. The third-order valence-electron chi connectivity index (χ3n) is 0.950. The number of thioether (sulfide) groups is 1. The minimum atomic E-state index is -0.913. The van der Waals surface area contributed by atoms with Gasteiger partial charge in [0.05, 0.1) is 0 Å². The molecule has 3 N–H and O–H groups in total. The Labute approximate surface area is 98.5 Å². The first-order valence-electron chi connectivity index (χ1n) is 2.65. The number of carbonyl (C=O) groups is 1. The smallest absolute Gasteiger partial charge is 0.320 e. The molecule has 0 spiro atoms. The quantitative estimate of drug-likeness (QED) is 0.773. The van der Waals surface area contributed by atoms with Crippen LogP contribution in [0.4, 0.5) is 0 Å². The van der Waals surface area contributed by atoms with Gasteiger partial charge in [0.25, 0.3) is 0 Å². The predicted molar refractivity (Wildman–Crippen MR) is 38.6 cm³/mol. The van der Waals surface area contributed by atoms with E-state index >= 15 is 0 Å². The minimum absolute atomic E-state index is 0. The van der Waals surface area contributed by atoms with Crippen LogP contribution < -0.4 is 5.73 Å². The SMILES string of the molecule is CSCC[C@H](N)C(=O)O.[Ce]. The van der Waals surface area contributed by atoms with E-state index in [4.69, 9.17) is 10.8 Å². The monoisotopic (exact) mass is 289 g/mol. The molecule has 0 heterocycles. The molecule has 0 saturated heterocycles. The molecular weight excluding hydrogens is 278 g/mol. The van der Waals surface area contributed by atoms with Crippen LogP contribution in [0, 0.1) is 41.7 Å². The Hall–Kier alpha value is 1.16. The Morgan fingerprint density at radius 2 is 2.30 bits per heavy atom. The van der Waals surface area contributed by atoms with Crippen molar-refractivity contribution in [1.29, 1.82) is 0 Å². The van der Waals surface area contributed by atoms with Gasteiger partial charge in [-0.2, -0.15) is 11.8 Å². The zero-order chi connectivity index (χ0) is 7.28. The summed E-state index contributed by atoms with van der Waals surface area (Å²) in [5.41, 5.74) is 5.19. The van der Waals surface area contributed by atoms with Crippen molar-refractivity contribution >= 4 is 17.7 Å². The van der Waals surface area contributed by atoms with Crippen molar-refractivity contribution in [2.75, 3.05) is 12.0 Å². The summed E-state index contributed by atoms with van der Waals surface area (Å²) in [5.74, 6) is -0.1000. The van der Waals surface area contributed by atoms with E-state index in [9.17, 15) is 4.79 Å². The molecule has 0 saturated carbocycles. The van der Waals surface area contributed by atoms with Crippen molar-refractivity contribution in [1.82, 2.24) is 0 Å². The van der Waals surface area contributed by atoms with E-state index in [2.05, 4.69) is 0 Å². The van der Waals surface area contributed by atoms with Crippen LogP contribution in [0.15, 0.2) is 0 Å². The molecule has 0 aromatic carbocycles. The molecule has 0 rings (SSSR count). The van der Waals surface area contributed by atoms with Gasteiger partial charge < -0.3 is 10.8 Å². The Kier molecular flexibility index (Phi) is 11.3. The third-order valence-corrected chi connectivity index (χ3v) is 1.59. The summed E-state index contributed by atoms with van der Waals surface area (Å²) < 4.78 is 0. The van der Waals surface area contributed by atoms with Gasteiger partial charge in [0, 0.05) is 41.7 Å².